The number of likely N-dealkylation sites (tertiary alicyclic amines) is 1. The molecule has 0 aliphatic carbocycles. The number of carboxylic acids is 1. The van der Waals surface area contributed by atoms with Gasteiger partial charge in [0.25, 0.3) is 0 Å². The lowest BCUT2D eigenvalue weighted by atomic mass is 10.0. The van der Waals surface area contributed by atoms with Gasteiger partial charge in [0, 0.05) is 32.0 Å². The predicted octanol–water partition coefficient (Wildman–Crippen LogP) is 0.452. The van der Waals surface area contributed by atoms with Gasteiger partial charge in [-0.1, -0.05) is 0 Å². The van der Waals surface area contributed by atoms with Crippen LogP contribution in [-0.2, 0) is 9.59 Å². The van der Waals surface area contributed by atoms with Crippen molar-refractivity contribution >= 4 is 11.9 Å². The van der Waals surface area contributed by atoms with Crippen LogP contribution in [-0.4, -0.2) is 47.6 Å². The van der Waals surface area contributed by atoms with Gasteiger partial charge in [-0.25, -0.2) is 0 Å². The van der Waals surface area contributed by atoms with Gasteiger partial charge < -0.3 is 15.3 Å². The number of nitrogens with one attached hydrogen (secondary N) is 1. The second-order valence-electron chi connectivity index (χ2n) is 5.15. The van der Waals surface area contributed by atoms with Crippen LogP contribution in [0.3, 0.4) is 0 Å². The van der Waals surface area contributed by atoms with E-state index in [2.05, 4.69) is 10.2 Å². The number of amides is 1. The van der Waals surface area contributed by atoms with Crippen molar-refractivity contribution < 1.29 is 14.7 Å². The maximum atomic E-state index is 11.1. The van der Waals surface area contributed by atoms with Crippen LogP contribution >= 0.6 is 0 Å². The smallest absolute Gasteiger partial charge is 0.303 e. The van der Waals surface area contributed by atoms with Crippen LogP contribution in [0.25, 0.3) is 0 Å². The first-order chi connectivity index (χ1) is 8.13. The van der Waals surface area contributed by atoms with Crippen molar-refractivity contribution in [2.45, 2.75) is 38.1 Å². The standard InChI is InChI=1S/C12H20N2O3/c15-11-3-2-10(13-11)8-14-6-5-9(7-14)1-4-12(16)17/h9-10H,1-8H2,(H,13,15)(H,16,17). The number of nitrogens with zero attached hydrogens (tertiary/aromatic N) is 1. The largest absolute Gasteiger partial charge is 0.481 e. The zero-order valence-corrected chi connectivity index (χ0v) is 10.0. The molecule has 96 valence electrons. The molecule has 2 heterocycles. The van der Waals surface area contributed by atoms with Gasteiger partial charge in [0.05, 0.1) is 0 Å². The van der Waals surface area contributed by atoms with E-state index in [1.165, 1.54) is 0 Å². The predicted molar refractivity (Wildman–Crippen MR) is 62.6 cm³/mol. The van der Waals surface area contributed by atoms with Gasteiger partial charge in [0.2, 0.25) is 5.91 Å². The van der Waals surface area contributed by atoms with Gasteiger partial charge in [-0.15, -0.1) is 0 Å². The fourth-order valence-corrected chi connectivity index (χ4v) is 2.77. The molecule has 0 aromatic heterocycles. The zero-order valence-electron chi connectivity index (χ0n) is 10.0. The van der Waals surface area contributed by atoms with E-state index < -0.39 is 5.97 Å². The minimum absolute atomic E-state index is 0.164. The summed E-state index contributed by atoms with van der Waals surface area (Å²) in [6, 6.07) is 0.306. The minimum atomic E-state index is -0.702. The molecule has 0 spiro atoms. The van der Waals surface area contributed by atoms with E-state index in [0.29, 0.717) is 18.4 Å². The maximum Gasteiger partial charge on any atom is 0.303 e. The Bertz CT molecular complexity index is 306. The van der Waals surface area contributed by atoms with Crippen LogP contribution in [0.4, 0.5) is 0 Å². The highest BCUT2D eigenvalue weighted by Gasteiger charge is 2.27. The number of carboxylic acid groups (broad SMARTS) is 1. The van der Waals surface area contributed by atoms with E-state index in [0.717, 1.165) is 38.9 Å². The van der Waals surface area contributed by atoms with Crippen molar-refractivity contribution in [2.75, 3.05) is 19.6 Å². The Kier molecular flexibility index (Phi) is 3.99. The summed E-state index contributed by atoms with van der Waals surface area (Å²) in [5.41, 5.74) is 0. The lowest BCUT2D eigenvalue weighted by Gasteiger charge is -2.20. The topological polar surface area (TPSA) is 69.6 Å². The molecule has 0 radical (unpaired) electrons. The number of hydrogen-bond donors (Lipinski definition) is 2. The molecule has 2 fully saturated rings. The summed E-state index contributed by atoms with van der Waals surface area (Å²) in [6.45, 7) is 2.95. The monoisotopic (exact) mass is 240 g/mol. The molecule has 5 nitrogen and oxygen atoms in total. The summed E-state index contributed by atoms with van der Waals surface area (Å²) in [5.74, 6) is -0.0219. The highest BCUT2D eigenvalue weighted by atomic mass is 16.4. The Morgan fingerprint density at radius 3 is 2.94 bits per heavy atom. The fraction of sp³-hybridized carbons (Fsp3) is 0.833. The third-order valence-corrected chi connectivity index (χ3v) is 3.70. The third-order valence-electron chi connectivity index (χ3n) is 3.70. The molecule has 0 bridgehead atoms. The van der Waals surface area contributed by atoms with Crippen molar-refractivity contribution in [3.63, 3.8) is 0 Å². The summed E-state index contributed by atoms with van der Waals surface area (Å²) in [6.07, 6.45) is 3.74. The van der Waals surface area contributed by atoms with Crippen LogP contribution in [0.5, 0.6) is 0 Å². The molecular formula is C12H20N2O3. The van der Waals surface area contributed by atoms with Crippen LogP contribution in [0.15, 0.2) is 0 Å². The number of hydrogen-bond acceptors (Lipinski definition) is 3. The van der Waals surface area contributed by atoms with Gasteiger partial charge in [-0.05, 0) is 31.7 Å². The summed E-state index contributed by atoms with van der Waals surface area (Å²) in [5, 5.41) is 11.6. The van der Waals surface area contributed by atoms with Gasteiger partial charge in [0.15, 0.2) is 0 Å². The number of carbonyl (C=O) groups is 2. The Hall–Kier alpha value is -1.10. The van der Waals surface area contributed by atoms with Crippen LogP contribution in [0.1, 0.15) is 32.1 Å². The van der Waals surface area contributed by atoms with E-state index in [1.807, 2.05) is 0 Å². The quantitative estimate of drug-likeness (QED) is 0.732. The SMILES string of the molecule is O=C(O)CCC1CCN(CC2CCC(=O)N2)C1. The van der Waals surface area contributed by atoms with Crippen molar-refractivity contribution in [1.82, 2.24) is 10.2 Å². The summed E-state index contributed by atoms with van der Waals surface area (Å²) in [4.78, 5) is 23.9. The van der Waals surface area contributed by atoms with Crippen LogP contribution < -0.4 is 5.32 Å². The second kappa shape index (κ2) is 5.49. The Labute approximate surface area is 101 Å². The van der Waals surface area contributed by atoms with Crippen molar-refractivity contribution in [3.05, 3.63) is 0 Å². The van der Waals surface area contributed by atoms with E-state index in [4.69, 9.17) is 5.11 Å². The molecule has 2 saturated heterocycles. The first kappa shape index (κ1) is 12.4. The van der Waals surface area contributed by atoms with E-state index in [1.54, 1.807) is 0 Å². The van der Waals surface area contributed by atoms with Gasteiger partial charge >= 0.3 is 5.97 Å². The molecule has 1 amide bonds. The van der Waals surface area contributed by atoms with Crippen LogP contribution in [0.2, 0.25) is 0 Å². The average Bonchev–Trinajstić information content (AvgIpc) is 2.86. The van der Waals surface area contributed by atoms with E-state index in [9.17, 15) is 9.59 Å². The summed E-state index contributed by atoms with van der Waals surface area (Å²) >= 11 is 0. The van der Waals surface area contributed by atoms with Crippen LogP contribution in [0, 0.1) is 5.92 Å². The first-order valence-electron chi connectivity index (χ1n) is 6.37. The summed E-state index contributed by atoms with van der Waals surface area (Å²) < 4.78 is 0. The Morgan fingerprint density at radius 2 is 2.29 bits per heavy atom. The van der Waals surface area contributed by atoms with Gasteiger partial charge in [-0.3, -0.25) is 9.59 Å². The highest BCUT2D eigenvalue weighted by Crippen LogP contribution is 2.22. The zero-order chi connectivity index (χ0) is 12.3. The molecule has 17 heavy (non-hydrogen) atoms. The third kappa shape index (κ3) is 3.70. The molecule has 2 aliphatic rings. The molecule has 0 saturated carbocycles. The number of carbonyl (C=O) groups excluding carboxylic acids is 1. The molecule has 2 aliphatic heterocycles. The van der Waals surface area contributed by atoms with Crippen molar-refractivity contribution in [3.8, 4) is 0 Å². The molecule has 0 aromatic carbocycles. The lowest BCUT2D eigenvalue weighted by molar-refractivity contribution is -0.137. The molecule has 0 aromatic rings. The normalized spacial score (nSPS) is 29.5. The summed E-state index contributed by atoms with van der Waals surface area (Å²) in [7, 11) is 0. The van der Waals surface area contributed by atoms with Gasteiger partial charge in [0.1, 0.15) is 0 Å². The second-order valence-corrected chi connectivity index (χ2v) is 5.15. The Balaban J connectivity index is 1.67. The average molecular weight is 240 g/mol. The first-order valence-corrected chi connectivity index (χ1v) is 6.37. The van der Waals surface area contributed by atoms with E-state index in [-0.39, 0.29) is 12.3 Å². The fourth-order valence-electron chi connectivity index (χ4n) is 2.77. The molecule has 2 rings (SSSR count). The maximum absolute atomic E-state index is 11.1. The van der Waals surface area contributed by atoms with Crippen molar-refractivity contribution in [2.24, 2.45) is 5.92 Å². The number of aliphatic carboxylic acids is 1. The number of rotatable bonds is 5. The van der Waals surface area contributed by atoms with Gasteiger partial charge in [-0.2, -0.15) is 0 Å². The van der Waals surface area contributed by atoms with E-state index >= 15 is 0 Å². The minimum Gasteiger partial charge on any atom is -0.481 e. The molecule has 2 atom stereocenters. The molecular weight excluding hydrogens is 220 g/mol. The molecule has 5 heteroatoms. The Morgan fingerprint density at radius 1 is 1.47 bits per heavy atom. The molecule has 2 N–H and O–H groups in total. The molecule has 2 unspecified atom stereocenters. The highest BCUT2D eigenvalue weighted by molar-refractivity contribution is 5.78. The lowest BCUT2D eigenvalue weighted by Crippen LogP contribution is -2.37. The van der Waals surface area contributed by atoms with Crippen molar-refractivity contribution in [1.29, 1.82) is 0 Å².